The van der Waals surface area contributed by atoms with Crippen LogP contribution in [0.2, 0.25) is 0 Å². The summed E-state index contributed by atoms with van der Waals surface area (Å²) in [6, 6.07) is 0. The second kappa shape index (κ2) is 71.8. The van der Waals surface area contributed by atoms with Crippen molar-refractivity contribution in [3.8, 4) is 0 Å². The van der Waals surface area contributed by atoms with Crippen LogP contribution in [0.1, 0.15) is 406 Å². The van der Waals surface area contributed by atoms with Crippen LogP contribution in [0.3, 0.4) is 0 Å². The molecule has 6 heteroatoms. The summed E-state index contributed by atoms with van der Waals surface area (Å²) in [4.78, 5) is 38.5. The molecule has 0 saturated heterocycles. The van der Waals surface area contributed by atoms with E-state index in [1.807, 2.05) is 0 Å². The zero-order valence-corrected chi connectivity index (χ0v) is 56.0. The van der Waals surface area contributed by atoms with Gasteiger partial charge in [0.15, 0.2) is 6.10 Å². The maximum Gasteiger partial charge on any atom is 0.306 e. The number of allylic oxidation sites excluding steroid dienone is 8. The van der Waals surface area contributed by atoms with E-state index in [0.29, 0.717) is 19.3 Å². The summed E-state index contributed by atoms with van der Waals surface area (Å²) in [6.07, 6.45) is 91.6. The summed E-state index contributed by atoms with van der Waals surface area (Å²) >= 11 is 0. The minimum Gasteiger partial charge on any atom is -0.462 e. The van der Waals surface area contributed by atoms with Gasteiger partial charge >= 0.3 is 17.9 Å². The Morgan fingerprint density at radius 1 is 0.253 bits per heavy atom. The van der Waals surface area contributed by atoms with Gasteiger partial charge in [-0.2, -0.15) is 0 Å². The molecule has 6 nitrogen and oxygen atoms in total. The highest BCUT2D eigenvalue weighted by Gasteiger charge is 2.20. The summed E-state index contributed by atoms with van der Waals surface area (Å²) in [5.41, 5.74) is 0. The highest BCUT2D eigenvalue weighted by atomic mass is 16.6. The second-order valence-electron chi connectivity index (χ2n) is 25.2. The first-order valence-electron chi connectivity index (χ1n) is 37.1. The molecule has 83 heavy (non-hydrogen) atoms. The van der Waals surface area contributed by atoms with Gasteiger partial charge in [0.25, 0.3) is 0 Å². The van der Waals surface area contributed by atoms with Crippen LogP contribution in [0.4, 0.5) is 0 Å². The zero-order chi connectivity index (χ0) is 59.9. The summed E-state index contributed by atoms with van der Waals surface area (Å²) in [6.45, 7) is 6.61. The van der Waals surface area contributed by atoms with Gasteiger partial charge in [-0.1, -0.05) is 378 Å². The first-order chi connectivity index (χ1) is 41.0. The summed E-state index contributed by atoms with van der Waals surface area (Å²) < 4.78 is 17.0. The van der Waals surface area contributed by atoms with Gasteiger partial charge < -0.3 is 14.2 Å². The quantitative estimate of drug-likeness (QED) is 0.0261. The van der Waals surface area contributed by atoms with E-state index < -0.39 is 6.10 Å². The van der Waals surface area contributed by atoms with Crippen LogP contribution < -0.4 is 0 Å². The van der Waals surface area contributed by atoms with E-state index in [0.717, 1.165) is 83.5 Å². The van der Waals surface area contributed by atoms with E-state index in [1.165, 1.54) is 283 Å². The number of esters is 3. The van der Waals surface area contributed by atoms with Crippen molar-refractivity contribution in [2.75, 3.05) is 13.2 Å². The second-order valence-corrected chi connectivity index (χ2v) is 25.2. The molecule has 1 atom stereocenters. The van der Waals surface area contributed by atoms with Gasteiger partial charge in [0.2, 0.25) is 0 Å². The molecule has 0 radical (unpaired) electrons. The molecule has 0 rings (SSSR count). The highest BCUT2D eigenvalue weighted by Crippen LogP contribution is 2.19. The van der Waals surface area contributed by atoms with Crippen molar-refractivity contribution >= 4 is 17.9 Å². The first kappa shape index (κ1) is 80.4. The molecule has 0 aliphatic rings. The zero-order valence-electron chi connectivity index (χ0n) is 56.0. The monoisotopic (exact) mass is 1160 g/mol. The van der Waals surface area contributed by atoms with E-state index in [2.05, 4.69) is 69.4 Å². The van der Waals surface area contributed by atoms with Gasteiger partial charge in [-0.05, 0) is 57.8 Å². The fourth-order valence-electron chi connectivity index (χ4n) is 11.3. The summed E-state index contributed by atoms with van der Waals surface area (Å²) in [5.74, 6) is -0.832. The number of rotatable bonds is 69. The molecule has 0 aliphatic heterocycles. The maximum atomic E-state index is 13.0. The van der Waals surface area contributed by atoms with Crippen molar-refractivity contribution in [2.45, 2.75) is 412 Å². The Morgan fingerprint density at radius 2 is 0.470 bits per heavy atom. The lowest BCUT2D eigenvalue weighted by Crippen LogP contribution is -2.30. The van der Waals surface area contributed by atoms with Crippen LogP contribution in [-0.2, 0) is 28.6 Å². The molecule has 486 valence electrons. The molecular weight excluding hydrogens is 1020 g/mol. The van der Waals surface area contributed by atoms with Crippen LogP contribution in [0.25, 0.3) is 0 Å². The van der Waals surface area contributed by atoms with Crippen LogP contribution in [0, 0.1) is 0 Å². The summed E-state index contributed by atoms with van der Waals surface area (Å²) in [7, 11) is 0. The van der Waals surface area contributed by atoms with Crippen LogP contribution in [0.5, 0.6) is 0 Å². The largest absolute Gasteiger partial charge is 0.462 e. The van der Waals surface area contributed by atoms with Crippen molar-refractivity contribution < 1.29 is 28.6 Å². The number of carbonyl (C=O) groups excluding carboxylic acids is 3. The smallest absolute Gasteiger partial charge is 0.306 e. The normalized spacial score (nSPS) is 12.3. The molecule has 0 amide bonds. The van der Waals surface area contributed by atoms with E-state index in [9.17, 15) is 14.4 Å². The predicted molar refractivity (Wildman–Crippen MR) is 362 cm³/mol. The molecule has 1 unspecified atom stereocenters. The Kier molecular flexibility index (Phi) is 69.6. The van der Waals surface area contributed by atoms with E-state index >= 15 is 0 Å². The van der Waals surface area contributed by atoms with E-state index in [-0.39, 0.29) is 31.1 Å². The van der Waals surface area contributed by atoms with Gasteiger partial charge in [0.05, 0.1) is 0 Å². The molecule has 0 aromatic rings. The lowest BCUT2D eigenvalue weighted by Gasteiger charge is -2.18. The van der Waals surface area contributed by atoms with Crippen LogP contribution in [0.15, 0.2) is 48.6 Å². The Hall–Kier alpha value is -2.63. The topological polar surface area (TPSA) is 78.9 Å². The molecule has 0 bridgehead atoms. The third-order valence-electron chi connectivity index (χ3n) is 16.8. The van der Waals surface area contributed by atoms with Crippen LogP contribution >= 0.6 is 0 Å². The minimum absolute atomic E-state index is 0.0652. The molecule has 0 saturated carbocycles. The molecule has 0 N–H and O–H groups in total. The lowest BCUT2D eigenvalue weighted by atomic mass is 10.0. The third kappa shape index (κ3) is 70.0. The highest BCUT2D eigenvalue weighted by molar-refractivity contribution is 5.71. The molecule has 0 fully saturated rings. The Balaban J connectivity index is 4.19. The summed E-state index contributed by atoms with van der Waals surface area (Å²) in [5, 5.41) is 0. The molecule has 0 heterocycles. The van der Waals surface area contributed by atoms with Gasteiger partial charge in [-0.15, -0.1) is 0 Å². The van der Waals surface area contributed by atoms with Crippen molar-refractivity contribution in [1.29, 1.82) is 0 Å². The number of ether oxygens (including phenoxy) is 3. The Bertz CT molecular complexity index is 1430. The number of hydrogen-bond acceptors (Lipinski definition) is 6. The van der Waals surface area contributed by atoms with Crippen molar-refractivity contribution in [3.05, 3.63) is 48.6 Å². The molecule has 0 aromatic carbocycles. The van der Waals surface area contributed by atoms with Gasteiger partial charge in [0.1, 0.15) is 13.2 Å². The van der Waals surface area contributed by atoms with Crippen LogP contribution in [-0.4, -0.2) is 37.2 Å². The molecule has 0 aromatic heterocycles. The van der Waals surface area contributed by atoms with E-state index in [4.69, 9.17) is 14.2 Å². The molecule has 0 aliphatic carbocycles. The van der Waals surface area contributed by atoms with Crippen molar-refractivity contribution in [1.82, 2.24) is 0 Å². The molecular formula is C77H142O6. The fraction of sp³-hybridized carbons (Fsp3) is 0.857. The Labute approximate surface area is 518 Å². The van der Waals surface area contributed by atoms with Crippen molar-refractivity contribution in [3.63, 3.8) is 0 Å². The Morgan fingerprint density at radius 3 is 0.735 bits per heavy atom. The standard InChI is InChI=1S/C77H142O6/c1-4-7-10-13-16-19-22-25-27-29-31-33-35-36-37-38-39-40-42-43-45-47-49-52-55-58-61-64-67-70-76(79)82-73-74(72-81-75(78)69-66-63-60-57-54-51-24-21-18-15-12-9-6-3)83-77(80)71-68-65-62-59-56-53-50-48-46-44-41-34-32-30-28-26-23-20-17-14-11-8-5-2/h7,10,16,19,25,27,31,33,74H,4-6,8-9,11-15,17-18,20-24,26,28-30,32,34-73H2,1-3H3/b10-7-,19-16-,27-25-,33-31-. The molecule has 0 spiro atoms. The predicted octanol–water partition coefficient (Wildman–Crippen LogP) is 25.7. The number of unbranched alkanes of at least 4 members (excludes halogenated alkanes) is 50. The average molecular weight is 1160 g/mol. The minimum atomic E-state index is -0.769. The first-order valence-corrected chi connectivity index (χ1v) is 37.1. The maximum absolute atomic E-state index is 13.0. The van der Waals surface area contributed by atoms with Gasteiger partial charge in [0, 0.05) is 19.3 Å². The number of carbonyl (C=O) groups is 3. The fourth-order valence-corrected chi connectivity index (χ4v) is 11.3. The third-order valence-corrected chi connectivity index (χ3v) is 16.8. The van der Waals surface area contributed by atoms with Gasteiger partial charge in [-0.3, -0.25) is 14.4 Å². The lowest BCUT2D eigenvalue weighted by molar-refractivity contribution is -0.167. The van der Waals surface area contributed by atoms with Crippen molar-refractivity contribution in [2.24, 2.45) is 0 Å². The van der Waals surface area contributed by atoms with E-state index in [1.54, 1.807) is 0 Å². The number of hydrogen-bond donors (Lipinski definition) is 0. The van der Waals surface area contributed by atoms with Gasteiger partial charge in [-0.25, -0.2) is 0 Å². The SMILES string of the molecule is CC/C=C\C/C=C\C/C=C\C/C=C\CCCCCCCCCCCCCCCCCCC(=O)OCC(COC(=O)CCCCCCCCCCCCCCC)OC(=O)CCCCCCCCCCCCCCCCCCCCCCCCC. The average Bonchev–Trinajstić information content (AvgIpc) is 3.49.